The van der Waals surface area contributed by atoms with Crippen LogP contribution in [-0.2, 0) is 9.59 Å². The first kappa shape index (κ1) is 22.5. The fraction of sp³-hybridized carbons (Fsp3) is 0.526. The fourth-order valence-corrected chi connectivity index (χ4v) is 3.48. The van der Waals surface area contributed by atoms with E-state index < -0.39 is 11.8 Å². The Hall–Kier alpha value is -1.83. The normalized spacial score (nSPS) is 16.8. The molecular weight excluding hydrogens is 403 g/mol. The summed E-state index contributed by atoms with van der Waals surface area (Å²) < 4.78 is 0. The van der Waals surface area contributed by atoms with Crippen LogP contribution in [0.5, 0.6) is 0 Å². The van der Waals surface area contributed by atoms with Crippen molar-refractivity contribution in [2.24, 2.45) is 5.92 Å². The molecule has 3 amide bonds. The Balaban J connectivity index is 1.64. The molecule has 1 saturated heterocycles. The SMILES string of the molecule is CC(C)N1CCC(CNC(=O)CNC(=O)CNC(=O)c2ccc(Cl)cc2Cl)C1. The topological polar surface area (TPSA) is 90.5 Å². The molecule has 2 rings (SSSR count). The highest BCUT2D eigenvalue weighted by Gasteiger charge is 2.24. The van der Waals surface area contributed by atoms with Gasteiger partial charge in [0.2, 0.25) is 11.8 Å². The number of amides is 3. The predicted molar refractivity (Wildman–Crippen MR) is 110 cm³/mol. The zero-order valence-electron chi connectivity index (χ0n) is 16.1. The summed E-state index contributed by atoms with van der Waals surface area (Å²) in [5.41, 5.74) is 0.226. The van der Waals surface area contributed by atoms with E-state index in [4.69, 9.17) is 23.2 Å². The Morgan fingerprint density at radius 1 is 1.11 bits per heavy atom. The molecule has 1 aliphatic rings. The zero-order chi connectivity index (χ0) is 20.7. The second kappa shape index (κ2) is 10.6. The lowest BCUT2D eigenvalue weighted by Gasteiger charge is -2.20. The maximum Gasteiger partial charge on any atom is 0.253 e. The third-order valence-corrected chi connectivity index (χ3v) is 5.21. The quantitative estimate of drug-likeness (QED) is 0.587. The first-order chi connectivity index (χ1) is 13.3. The van der Waals surface area contributed by atoms with Crippen molar-refractivity contribution in [2.75, 3.05) is 32.7 Å². The second-order valence-electron chi connectivity index (χ2n) is 7.13. The minimum absolute atomic E-state index is 0.128. The summed E-state index contributed by atoms with van der Waals surface area (Å²) in [5, 5.41) is 8.41. The van der Waals surface area contributed by atoms with Gasteiger partial charge in [-0.15, -0.1) is 0 Å². The average Bonchev–Trinajstić information content (AvgIpc) is 3.12. The van der Waals surface area contributed by atoms with Crippen LogP contribution in [0.2, 0.25) is 10.0 Å². The zero-order valence-corrected chi connectivity index (χ0v) is 17.6. The van der Waals surface area contributed by atoms with Crippen LogP contribution in [0.3, 0.4) is 0 Å². The first-order valence-electron chi connectivity index (χ1n) is 9.27. The first-order valence-corrected chi connectivity index (χ1v) is 10.0. The third kappa shape index (κ3) is 6.96. The van der Waals surface area contributed by atoms with Crippen molar-refractivity contribution in [3.8, 4) is 0 Å². The van der Waals surface area contributed by atoms with Crippen molar-refractivity contribution in [3.05, 3.63) is 33.8 Å². The Bertz CT molecular complexity index is 727. The van der Waals surface area contributed by atoms with E-state index in [1.54, 1.807) is 0 Å². The molecular formula is C19H26Cl2N4O3. The molecule has 0 radical (unpaired) electrons. The van der Waals surface area contributed by atoms with Gasteiger partial charge in [0.15, 0.2) is 0 Å². The van der Waals surface area contributed by atoms with Gasteiger partial charge in [0.25, 0.3) is 5.91 Å². The molecule has 3 N–H and O–H groups in total. The number of benzene rings is 1. The maximum atomic E-state index is 12.0. The lowest BCUT2D eigenvalue weighted by molar-refractivity contribution is -0.125. The summed E-state index contributed by atoms with van der Waals surface area (Å²) in [5.74, 6) is -0.758. The van der Waals surface area contributed by atoms with Crippen LogP contribution < -0.4 is 16.0 Å². The number of carbonyl (C=O) groups excluding carboxylic acids is 3. The van der Waals surface area contributed by atoms with Crippen molar-refractivity contribution in [1.82, 2.24) is 20.9 Å². The van der Waals surface area contributed by atoms with Crippen molar-refractivity contribution < 1.29 is 14.4 Å². The highest BCUT2D eigenvalue weighted by Crippen LogP contribution is 2.20. The highest BCUT2D eigenvalue weighted by atomic mass is 35.5. The Morgan fingerprint density at radius 2 is 1.79 bits per heavy atom. The number of carbonyl (C=O) groups is 3. The standard InChI is InChI=1S/C19H26Cl2N4O3/c1-12(2)25-6-5-13(11-25)8-22-17(26)9-23-18(27)10-24-19(28)15-4-3-14(20)7-16(15)21/h3-4,7,12-13H,5-6,8-11H2,1-2H3,(H,22,26)(H,23,27)(H,24,28). The number of nitrogens with one attached hydrogen (secondary N) is 3. The van der Waals surface area contributed by atoms with Gasteiger partial charge >= 0.3 is 0 Å². The van der Waals surface area contributed by atoms with Gasteiger partial charge in [0.05, 0.1) is 23.7 Å². The highest BCUT2D eigenvalue weighted by molar-refractivity contribution is 6.36. The summed E-state index contributed by atoms with van der Waals surface area (Å²) in [6, 6.07) is 4.98. The largest absolute Gasteiger partial charge is 0.354 e. The summed E-state index contributed by atoms with van der Waals surface area (Å²) in [6.45, 7) is 6.57. The van der Waals surface area contributed by atoms with E-state index in [0.29, 0.717) is 23.5 Å². The summed E-state index contributed by atoms with van der Waals surface area (Å²) in [6.07, 6.45) is 1.06. The van der Waals surface area contributed by atoms with E-state index in [2.05, 4.69) is 34.7 Å². The van der Waals surface area contributed by atoms with Crippen LogP contribution >= 0.6 is 23.2 Å². The van der Waals surface area contributed by atoms with Crippen molar-refractivity contribution in [2.45, 2.75) is 26.3 Å². The van der Waals surface area contributed by atoms with E-state index >= 15 is 0 Å². The summed E-state index contributed by atoms with van der Waals surface area (Å²) in [7, 11) is 0. The lowest BCUT2D eigenvalue weighted by Crippen LogP contribution is -2.43. The Morgan fingerprint density at radius 3 is 2.43 bits per heavy atom. The molecule has 1 fully saturated rings. The Labute approximate surface area is 175 Å². The molecule has 7 nitrogen and oxygen atoms in total. The molecule has 0 saturated carbocycles. The number of hydrogen-bond donors (Lipinski definition) is 3. The van der Waals surface area contributed by atoms with E-state index in [0.717, 1.165) is 19.5 Å². The minimum Gasteiger partial charge on any atom is -0.354 e. The van der Waals surface area contributed by atoms with Gasteiger partial charge in [-0.3, -0.25) is 14.4 Å². The molecule has 1 unspecified atom stereocenters. The molecule has 0 aliphatic carbocycles. The summed E-state index contributed by atoms with van der Waals surface area (Å²) >= 11 is 11.7. The third-order valence-electron chi connectivity index (χ3n) is 4.67. The molecule has 0 spiro atoms. The smallest absolute Gasteiger partial charge is 0.253 e. The molecule has 154 valence electrons. The maximum absolute atomic E-state index is 12.0. The minimum atomic E-state index is -0.489. The van der Waals surface area contributed by atoms with E-state index in [9.17, 15) is 14.4 Å². The number of rotatable bonds is 8. The molecule has 28 heavy (non-hydrogen) atoms. The molecule has 1 atom stereocenters. The average molecular weight is 429 g/mol. The van der Waals surface area contributed by atoms with Gasteiger partial charge < -0.3 is 20.9 Å². The summed E-state index contributed by atoms with van der Waals surface area (Å²) in [4.78, 5) is 38.2. The molecule has 1 heterocycles. The van der Waals surface area contributed by atoms with Crippen molar-refractivity contribution in [1.29, 1.82) is 0 Å². The van der Waals surface area contributed by atoms with Gasteiger partial charge in [0.1, 0.15) is 0 Å². The van der Waals surface area contributed by atoms with Crippen LogP contribution in [0.4, 0.5) is 0 Å². The van der Waals surface area contributed by atoms with Gasteiger partial charge in [-0.1, -0.05) is 23.2 Å². The lowest BCUT2D eigenvalue weighted by atomic mass is 10.1. The van der Waals surface area contributed by atoms with Crippen LogP contribution in [0, 0.1) is 5.92 Å². The van der Waals surface area contributed by atoms with Crippen molar-refractivity contribution >= 4 is 40.9 Å². The van der Waals surface area contributed by atoms with E-state index in [1.807, 2.05) is 0 Å². The van der Waals surface area contributed by atoms with Crippen LogP contribution in [0.1, 0.15) is 30.6 Å². The fourth-order valence-electron chi connectivity index (χ4n) is 2.99. The molecule has 1 aromatic carbocycles. The number of likely N-dealkylation sites (tertiary alicyclic amines) is 1. The monoisotopic (exact) mass is 428 g/mol. The number of hydrogen-bond acceptors (Lipinski definition) is 4. The van der Waals surface area contributed by atoms with Gasteiger partial charge in [-0.05, 0) is 50.9 Å². The van der Waals surface area contributed by atoms with E-state index in [-0.39, 0.29) is 29.6 Å². The van der Waals surface area contributed by atoms with Gasteiger partial charge in [-0.2, -0.15) is 0 Å². The number of halogens is 2. The predicted octanol–water partition coefficient (Wildman–Crippen LogP) is 1.69. The van der Waals surface area contributed by atoms with Crippen molar-refractivity contribution in [3.63, 3.8) is 0 Å². The molecule has 9 heteroatoms. The molecule has 0 aromatic heterocycles. The van der Waals surface area contributed by atoms with Gasteiger partial charge in [0, 0.05) is 24.2 Å². The number of nitrogens with zero attached hydrogens (tertiary/aromatic N) is 1. The molecule has 0 bridgehead atoms. The second-order valence-corrected chi connectivity index (χ2v) is 7.97. The van der Waals surface area contributed by atoms with Crippen LogP contribution in [0.25, 0.3) is 0 Å². The van der Waals surface area contributed by atoms with E-state index in [1.165, 1.54) is 18.2 Å². The van der Waals surface area contributed by atoms with Gasteiger partial charge in [-0.25, -0.2) is 0 Å². The Kier molecular flexibility index (Phi) is 8.54. The molecule has 1 aliphatic heterocycles. The molecule has 1 aromatic rings. The van der Waals surface area contributed by atoms with Crippen LogP contribution in [-0.4, -0.2) is 61.4 Å². The van der Waals surface area contributed by atoms with Crippen LogP contribution in [0.15, 0.2) is 18.2 Å².